The van der Waals surface area contributed by atoms with Crippen molar-refractivity contribution in [2.45, 2.75) is 6.92 Å². The van der Waals surface area contributed by atoms with Gasteiger partial charge in [0.1, 0.15) is 5.69 Å². The molecule has 1 heterocycles. The number of anilines is 1. The molecule has 1 rings (SSSR count). The maximum atomic E-state index is 10.9. The second kappa shape index (κ2) is 3.41. The van der Waals surface area contributed by atoms with Gasteiger partial charge in [0.05, 0.1) is 5.69 Å². The summed E-state index contributed by atoms with van der Waals surface area (Å²) < 4.78 is 0.590. The van der Waals surface area contributed by atoms with E-state index in [4.69, 9.17) is 17.3 Å². The Kier molecular flexibility index (Phi) is 2.69. The van der Waals surface area contributed by atoms with E-state index in [1.807, 2.05) is 0 Å². The van der Waals surface area contributed by atoms with E-state index in [1.54, 1.807) is 6.07 Å². The lowest BCUT2D eigenvalue weighted by atomic mass is 10.3. The zero-order valence-electron chi connectivity index (χ0n) is 6.27. The maximum Gasteiger partial charge on any atom is 0.178 e. The molecule has 0 aromatic carbocycles. The highest BCUT2D eigenvalue weighted by Gasteiger charge is 2.08. The van der Waals surface area contributed by atoms with Crippen molar-refractivity contribution in [2.24, 2.45) is 0 Å². The van der Waals surface area contributed by atoms with E-state index in [0.717, 1.165) is 0 Å². The molecule has 0 saturated heterocycles. The first-order valence-corrected chi connectivity index (χ1v) is 4.32. The Morgan fingerprint density at radius 2 is 2.33 bits per heavy atom. The molecule has 0 saturated carbocycles. The molecular formula is C7H6BrClN2O. The summed E-state index contributed by atoms with van der Waals surface area (Å²) in [6.07, 6.45) is 0. The van der Waals surface area contributed by atoms with Crippen LogP contribution in [0.5, 0.6) is 0 Å². The van der Waals surface area contributed by atoms with Crippen molar-refractivity contribution >= 4 is 39.0 Å². The largest absolute Gasteiger partial charge is 0.395 e. The molecule has 0 amide bonds. The van der Waals surface area contributed by atoms with Crippen LogP contribution in [0.4, 0.5) is 5.69 Å². The van der Waals surface area contributed by atoms with Gasteiger partial charge in [0.2, 0.25) is 0 Å². The molecule has 64 valence electrons. The summed E-state index contributed by atoms with van der Waals surface area (Å²) >= 11 is 8.81. The molecule has 12 heavy (non-hydrogen) atoms. The van der Waals surface area contributed by atoms with E-state index in [2.05, 4.69) is 20.9 Å². The van der Waals surface area contributed by atoms with Gasteiger partial charge in [0.15, 0.2) is 10.9 Å². The first-order valence-electron chi connectivity index (χ1n) is 3.15. The molecule has 0 unspecified atom stereocenters. The van der Waals surface area contributed by atoms with Gasteiger partial charge in [0, 0.05) is 11.4 Å². The normalized spacial score (nSPS) is 9.92. The molecule has 0 bridgehead atoms. The van der Waals surface area contributed by atoms with Crippen molar-refractivity contribution in [2.75, 3.05) is 5.73 Å². The summed E-state index contributed by atoms with van der Waals surface area (Å²) in [6.45, 7) is 1.42. The summed E-state index contributed by atoms with van der Waals surface area (Å²) in [7, 11) is 0. The number of nitrogen functional groups attached to an aromatic ring is 1. The van der Waals surface area contributed by atoms with Gasteiger partial charge in [-0.1, -0.05) is 11.6 Å². The minimum Gasteiger partial charge on any atom is -0.395 e. The third-order valence-electron chi connectivity index (χ3n) is 1.32. The Morgan fingerprint density at radius 1 is 1.75 bits per heavy atom. The maximum absolute atomic E-state index is 10.9. The molecule has 0 aliphatic rings. The van der Waals surface area contributed by atoms with E-state index in [0.29, 0.717) is 15.9 Å². The van der Waals surface area contributed by atoms with Gasteiger partial charge in [-0.3, -0.25) is 4.79 Å². The summed E-state index contributed by atoms with van der Waals surface area (Å²) in [5.41, 5.74) is 6.15. The highest BCUT2D eigenvalue weighted by atomic mass is 79.9. The van der Waals surface area contributed by atoms with Crippen molar-refractivity contribution in [3.05, 3.63) is 21.4 Å². The number of rotatable bonds is 1. The minimum absolute atomic E-state index is 0.141. The molecule has 5 heteroatoms. The van der Waals surface area contributed by atoms with Crippen LogP contribution in [0, 0.1) is 0 Å². The lowest BCUT2D eigenvalue weighted by Crippen LogP contribution is -2.00. The van der Waals surface area contributed by atoms with Crippen LogP contribution in [0.25, 0.3) is 0 Å². The van der Waals surface area contributed by atoms with Crippen LogP contribution in [-0.4, -0.2) is 10.8 Å². The van der Waals surface area contributed by atoms with Crippen LogP contribution in [0.15, 0.2) is 10.5 Å². The molecule has 1 aromatic rings. The number of pyridine rings is 1. The summed E-state index contributed by atoms with van der Waals surface area (Å²) in [5.74, 6) is -0.141. The van der Waals surface area contributed by atoms with Crippen LogP contribution in [-0.2, 0) is 0 Å². The van der Waals surface area contributed by atoms with Crippen molar-refractivity contribution in [1.82, 2.24) is 4.98 Å². The SMILES string of the molecule is CC(=O)c1cc(Br)c(N)c(Cl)n1. The lowest BCUT2D eigenvalue weighted by Gasteiger charge is -2.01. The number of nitrogens with zero attached hydrogens (tertiary/aromatic N) is 1. The lowest BCUT2D eigenvalue weighted by molar-refractivity contribution is 0.101. The number of halogens is 2. The second-order valence-electron chi connectivity index (χ2n) is 2.25. The van der Waals surface area contributed by atoms with Crippen LogP contribution in [0.1, 0.15) is 17.4 Å². The molecule has 2 N–H and O–H groups in total. The molecular weight excluding hydrogens is 243 g/mol. The third-order valence-corrected chi connectivity index (χ3v) is 2.27. The summed E-state index contributed by atoms with van der Waals surface area (Å²) in [4.78, 5) is 14.7. The van der Waals surface area contributed by atoms with Crippen molar-refractivity contribution in [3.63, 3.8) is 0 Å². The average Bonchev–Trinajstić information content (AvgIpc) is 1.99. The zero-order chi connectivity index (χ0) is 9.30. The minimum atomic E-state index is -0.141. The predicted octanol–water partition coefficient (Wildman–Crippen LogP) is 2.28. The summed E-state index contributed by atoms with van der Waals surface area (Å²) in [6, 6.07) is 1.55. The van der Waals surface area contributed by atoms with E-state index >= 15 is 0 Å². The molecule has 0 radical (unpaired) electrons. The van der Waals surface area contributed by atoms with Crippen LogP contribution in [0.3, 0.4) is 0 Å². The van der Waals surface area contributed by atoms with Gasteiger partial charge in [-0.2, -0.15) is 0 Å². The number of ketones is 1. The topological polar surface area (TPSA) is 56.0 Å². The van der Waals surface area contributed by atoms with Crippen LogP contribution in [0.2, 0.25) is 5.15 Å². The Hall–Kier alpha value is -0.610. The fourth-order valence-electron chi connectivity index (χ4n) is 0.675. The first-order chi connectivity index (χ1) is 5.52. The fraction of sp³-hybridized carbons (Fsp3) is 0.143. The zero-order valence-corrected chi connectivity index (χ0v) is 8.61. The first kappa shape index (κ1) is 9.48. The van der Waals surface area contributed by atoms with E-state index < -0.39 is 0 Å². The molecule has 0 aliphatic carbocycles. The van der Waals surface area contributed by atoms with Gasteiger partial charge < -0.3 is 5.73 Å². The number of aromatic nitrogens is 1. The smallest absolute Gasteiger partial charge is 0.178 e. The number of carbonyl (C=O) groups excluding carboxylic acids is 1. The fourth-order valence-corrected chi connectivity index (χ4v) is 1.39. The number of hydrogen-bond donors (Lipinski definition) is 1. The quantitative estimate of drug-likeness (QED) is 0.614. The average molecular weight is 249 g/mol. The highest BCUT2D eigenvalue weighted by Crippen LogP contribution is 2.26. The molecule has 0 spiro atoms. The molecule has 0 aliphatic heterocycles. The van der Waals surface area contributed by atoms with Gasteiger partial charge in [-0.25, -0.2) is 4.98 Å². The predicted molar refractivity (Wildman–Crippen MR) is 51.4 cm³/mol. The summed E-state index contributed by atoms with van der Waals surface area (Å²) in [5, 5.41) is 0.148. The Bertz CT molecular complexity index is 317. The molecule has 0 atom stereocenters. The Morgan fingerprint density at radius 3 is 2.75 bits per heavy atom. The number of hydrogen-bond acceptors (Lipinski definition) is 3. The van der Waals surface area contributed by atoms with E-state index in [1.165, 1.54) is 6.92 Å². The van der Waals surface area contributed by atoms with Crippen LogP contribution < -0.4 is 5.73 Å². The van der Waals surface area contributed by atoms with E-state index in [9.17, 15) is 4.79 Å². The van der Waals surface area contributed by atoms with Crippen molar-refractivity contribution in [3.8, 4) is 0 Å². The Labute approximate surface area is 83.1 Å². The van der Waals surface area contributed by atoms with Gasteiger partial charge in [-0.15, -0.1) is 0 Å². The van der Waals surface area contributed by atoms with Gasteiger partial charge >= 0.3 is 0 Å². The standard InChI is InChI=1S/C7H6BrClN2O/c1-3(12)5-2-4(8)6(10)7(9)11-5/h2H,10H2,1H3. The molecule has 1 aromatic heterocycles. The monoisotopic (exact) mass is 248 g/mol. The van der Waals surface area contributed by atoms with Gasteiger partial charge in [-0.05, 0) is 22.0 Å². The second-order valence-corrected chi connectivity index (χ2v) is 3.46. The van der Waals surface area contributed by atoms with Crippen molar-refractivity contribution in [1.29, 1.82) is 0 Å². The van der Waals surface area contributed by atoms with Crippen molar-refractivity contribution < 1.29 is 4.79 Å². The van der Waals surface area contributed by atoms with Gasteiger partial charge in [0.25, 0.3) is 0 Å². The number of Topliss-reactive ketones (excluding diaryl/α,β-unsaturated/α-hetero) is 1. The molecule has 0 fully saturated rings. The third kappa shape index (κ3) is 1.76. The Balaban J connectivity index is 3.31. The van der Waals surface area contributed by atoms with E-state index in [-0.39, 0.29) is 10.9 Å². The highest BCUT2D eigenvalue weighted by molar-refractivity contribution is 9.10. The van der Waals surface area contributed by atoms with Crippen LogP contribution >= 0.6 is 27.5 Å². The molecule has 3 nitrogen and oxygen atoms in total. The number of nitrogens with two attached hydrogens (primary N) is 1. The number of carbonyl (C=O) groups is 1.